The fourth-order valence-corrected chi connectivity index (χ4v) is 3.52. The highest BCUT2D eigenvalue weighted by Gasteiger charge is 2.13. The van der Waals surface area contributed by atoms with Crippen molar-refractivity contribution in [3.63, 3.8) is 0 Å². The third-order valence-corrected chi connectivity index (χ3v) is 5.11. The van der Waals surface area contributed by atoms with E-state index >= 15 is 0 Å². The number of hydrogen-bond acceptors (Lipinski definition) is 6. The summed E-state index contributed by atoms with van der Waals surface area (Å²) in [4.78, 5) is 14.0. The fraction of sp³-hybridized carbons (Fsp3) is 0.250. The number of carbonyl (C=O) groups excluding carboxylic acids is 1. The highest BCUT2D eigenvalue weighted by molar-refractivity contribution is 8.01. The predicted molar refractivity (Wildman–Crippen MR) is 85.8 cm³/mol. The van der Waals surface area contributed by atoms with E-state index in [1.165, 1.54) is 23.1 Å². The van der Waals surface area contributed by atoms with Gasteiger partial charge in [-0.15, -0.1) is 10.2 Å². The maximum absolute atomic E-state index is 12.1. The SMILES string of the molecule is CN(C)c1nnc(SCC(=O)c2ccc(Cl)cc2Cl)s1. The van der Waals surface area contributed by atoms with E-state index in [-0.39, 0.29) is 11.5 Å². The third-order valence-electron chi connectivity index (χ3n) is 2.34. The van der Waals surface area contributed by atoms with E-state index in [0.717, 1.165) is 9.47 Å². The first-order valence-electron chi connectivity index (χ1n) is 5.59. The monoisotopic (exact) mass is 347 g/mol. The van der Waals surface area contributed by atoms with Crippen molar-refractivity contribution in [2.45, 2.75) is 4.34 Å². The molecule has 8 heteroatoms. The van der Waals surface area contributed by atoms with Gasteiger partial charge in [0.1, 0.15) is 0 Å². The summed E-state index contributed by atoms with van der Waals surface area (Å²) in [5.74, 6) is 0.210. The number of anilines is 1. The molecule has 0 saturated heterocycles. The van der Waals surface area contributed by atoms with E-state index < -0.39 is 0 Å². The maximum Gasteiger partial charge on any atom is 0.208 e. The topological polar surface area (TPSA) is 46.1 Å². The Morgan fingerprint density at radius 2 is 2.10 bits per heavy atom. The lowest BCUT2D eigenvalue weighted by Crippen LogP contribution is -2.07. The standard InChI is InChI=1S/C12H11Cl2N3OS2/c1-17(2)11-15-16-12(20-11)19-6-10(18)8-4-3-7(13)5-9(8)14/h3-5H,6H2,1-2H3. The summed E-state index contributed by atoms with van der Waals surface area (Å²) in [6.07, 6.45) is 0. The van der Waals surface area contributed by atoms with Crippen molar-refractivity contribution in [1.82, 2.24) is 10.2 Å². The van der Waals surface area contributed by atoms with Gasteiger partial charge in [0.25, 0.3) is 0 Å². The normalized spacial score (nSPS) is 10.6. The zero-order valence-electron chi connectivity index (χ0n) is 10.8. The Hall–Kier alpha value is -0.820. The quantitative estimate of drug-likeness (QED) is 0.606. The summed E-state index contributed by atoms with van der Waals surface area (Å²) in [6.45, 7) is 0. The van der Waals surface area contributed by atoms with Crippen molar-refractivity contribution in [2.24, 2.45) is 0 Å². The van der Waals surface area contributed by atoms with Gasteiger partial charge in [-0.2, -0.15) is 0 Å². The first kappa shape index (κ1) is 15.6. The maximum atomic E-state index is 12.1. The van der Waals surface area contributed by atoms with Gasteiger partial charge in [-0.3, -0.25) is 4.79 Å². The van der Waals surface area contributed by atoms with Crippen LogP contribution in [0.3, 0.4) is 0 Å². The highest BCUT2D eigenvalue weighted by Crippen LogP contribution is 2.28. The number of hydrogen-bond donors (Lipinski definition) is 0. The number of rotatable bonds is 5. The first-order chi connectivity index (χ1) is 9.47. The second-order valence-corrected chi connectivity index (χ2v) is 7.10. The molecular formula is C12H11Cl2N3OS2. The van der Waals surface area contributed by atoms with Crippen molar-refractivity contribution in [2.75, 3.05) is 24.7 Å². The number of carbonyl (C=O) groups is 1. The van der Waals surface area contributed by atoms with E-state index in [9.17, 15) is 4.79 Å². The number of halogens is 2. The van der Waals surface area contributed by atoms with Crippen LogP contribution in [0.4, 0.5) is 5.13 Å². The fourth-order valence-electron chi connectivity index (χ4n) is 1.36. The van der Waals surface area contributed by atoms with Gasteiger partial charge in [0.15, 0.2) is 10.1 Å². The number of Topliss-reactive ketones (excluding diaryl/α,β-unsaturated/α-hetero) is 1. The van der Waals surface area contributed by atoms with Crippen LogP contribution in [-0.4, -0.2) is 35.8 Å². The molecule has 0 aliphatic rings. The van der Waals surface area contributed by atoms with Crippen LogP contribution in [0.1, 0.15) is 10.4 Å². The lowest BCUT2D eigenvalue weighted by molar-refractivity contribution is 0.102. The Labute approximate surface area is 135 Å². The molecule has 0 fully saturated rings. The smallest absolute Gasteiger partial charge is 0.208 e. The van der Waals surface area contributed by atoms with Crippen LogP contribution in [0.2, 0.25) is 10.0 Å². The molecule has 0 amide bonds. The molecule has 2 aromatic rings. The zero-order chi connectivity index (χ0) is 14.7. The average Bonchev–Trinajstić information content (AvgIpc) is 2.85. The van der Waals surface area contributed by atoms with Crippen LogP contribution in [0.25, 0.3) is 0 Å². The summed E-state index contributed by atoms with van der Waals surface area (Å²) < 4.78 is 0.757. The molecule has 20 heavy (non-hydrogen) atoms. The molecule has 0 N–H and O–H groups in total. The van der Waals surface area contributed by atoms with E-state index in [0.29, 0.717) is 15.6 Å². The molecule has 0 unspecified atom stereocenters. The number of nitrogens with zero attached hydrogens (tertiary/aromatic N) is 3. The molecule has 0 radical (unpaired) electrons. The first-order valence-corrected chi connectivity index (χ1v) is 8.15. The van der Waals surface area contributed by atoms with Gasteiger partial charge in [0.05, 0.1) is 10.8 Å². The van der Waals surface area contributed by atoms with E-state index in [1.54, 1.807) is 18.2 Å². The molecule has 2 rings (SSSR count). The number of ketones is 1. The summed E-state index contributed by atoms with van der Waals surface area (Å²) in [6, 6.07) is 4.86. The minimum absolute atomic E-state index is 0.0572. The molecule has 1 aromatic carbocycles. The van der Waals surface area contributed by atoms with Gasteiger partial charge in [-0.05, 0) is 18.2 Å². The molecule has 1 heterocycles. The van der Waals surface area contributed by atoms with Gasteiger partial charge >= 0.3 is 0 Å². The van der Waals surface area contributed by atoms with Crippen molar-refractivity contribution >= 4 is 57.2 Å². The van der Waals surface area contributed by atoms with E-state index in [4.69, 9.17) is 23.2 Å². The van der Waals surface area contributed by atoms with E-state index in [1.807, 2.05) is 19.0 Å². The molecule has 0 spiro atoms. The molecule has 0 aliphatic carbocycles. The predicted octanol–water partition coefficient (Wildman–Crippen LogP) is 3.89. The van der Waals surface area contributed by atoms with Gasteiger partial charge < -0.3 is 4.90 Å². The van der Waals surface area contributed by atoms with Gasteiger partial charge in [0, 0.05) is 24.7 Å². The molecule has 0 bridgehead atoms. The van der Waals surface area contributed by atoms with Gasteiger partial charge in [-0.1, -0.05) is 46.3 Å². The second-order valence-electron chi connectivity index (χ2n) is 4.08. The molecule has 4 nitrogen and oxygen atoms in total. The van der Waals surface area contributed by atoms with Gasteiger partial charge in [0.2, 0.25) is 5.13 Å². The molecule has 0 saturated carbocycles. The minimum Gasteiger partial charge on any atom is -0.353 e. The van der Waals surface area contributed by atoms with Crippen LogP contribution in [0.5, 0.6) is 0 Å². The molecule has 1 aromatic heterocycles. The molecule has 0 aliphatic heterocycles. The third kappa shape index (κ3) is 3.85. The number of thioether (sulfide) groups is 1. The lowest BCUT2D eigenvalue weighted by atomic mass is 10.1. The average molecular weight is 348 g/mol. The molecular weight excluding hydrogens is 337 g/mol. The van der Waals surface area contributed by atoms with Crippen LogP contribution in [0.15, 0.2) is 22.5 Å². The van der Waals surface area contributed by atoms with Crippen molar-refractivity contribution in [3.05, 3.63) is 33.8 Å². The van der Waals surface area contributed by atoms with E-state index in [2.05, 4.69) is 10.2 Å². The second kappa shape index (κ2) is 6.76. The molecule has 0 atom stereocenters. The van der Waals surface area contributed by atoms with Crippen LogP contribution < -0.4 is 4.90 Å². The lowest BCUT2D eigenvalue weighted by Gasteiger charge is -2.04. The van der Waals surface area contributed by atoms with Crippen molar-refractivity contribution in [3.8, 4) is 0 Å². The Kier molecular flexibility index (Phi) is 5.26. The summed E-state index contributed by atoms with van der Waals surface area (Å²) >= 11 is 14.6. The Balaban J connectivity index is 2.01. The summed E-state index contributed by atoms with van der Waals surface area (Å²) in [5, 5.41) is 9.73. The van der Waals surface area contributed by atoms with Crippen LogP contribution in [0, 0.1) is 0 Å². The minimum atomic E-state index is -0.0572. The van der Waals surface area contributed by atoms with Gasteiger partial charge in [-0.25, -0.2) is 0 Å². The Bertz CT molecular complexity index is 631. The van der Waals surface area contributed by atoms with Crippen molar-refractivity contribution in [1.29, 1.82) is 0 Å². The van der Waals surface area contributed by atoms with Crippen LogP contribution in [-0.2, 0) is 0 Å². The summed E-state index contributed by atoms with van der Waals surface area (Å²) in [5.41, 5.74) is 0.473. The Morgan fingerprint density at radius 1 is 1.35 bits per heavy atom. The Morgan fingerprint density at radius 3 is 2.70 bits per heavy atom. The molecule has 106 valence electrons. The largest absolute Gasteiger partial charge is 0.353 e. The van der Waals surface area contributed by atoms with Crippen molar-refractivity contribution < 1.29 is 4.79 Å². The summed E-state index contributed by atoms with van der Waals surface area (Å²) in [7, 11) is 3.79. The number of aromatic nitrogens is 2. The number of benzene rings is 1. The highest BCUT2D eigenvalue weighted by atomic mass is 35.5. The van der Waals surface area contributed by atoms with Crippen LogP contribution >= 0.6 is 46.3 Å². The zero-order valence-corrected chi connectivity index (χ0v) is 13.9.